The van der Waals surface area contributed by atoms with Crippen LogP contribution in [0.25, 0.3) is 55.7 Å². The normalized spacial score (nSPS) is 11.9. The van der Waals surface area contributed by atoms with Gasteiger partial charge < -0.3 is 10.3 Å². The summed E-state index contributed by atoms with van der Waals surface area (Å²) in [6.07, 6.45) is 5.68. The van der Waals surface area contributed by atoms with Gasteiger partial charge in [0.2, 0.25) is 0 Å². The average molecular weight is 628 g/mol. The Labute approximate surface area is 267 Å². The van der Waals surface area contributed by atoms with E-state index < -0.39 is 9.39 Å². The highest BCUT2D eigenvalue weighted by atomic mass is 32.2. The molecule has 7 rings (SSSR count). The number of hydrogen-bond acceptors (Lipinski definition) is 5. The quantitative estimate of drug-likeness (QED) is 0.117. The molecular weight excluding hydrogens is 594 g/mol. The Bertz CT molecular complexity index is 2290. The van der Waals surface area contributed by atoms with Crippen molar-refractivity contribution in [2.75, 3.05) is 6.26 Å². The zero-order valence-corrected chi connectivity index (χ0v) is 26.3. The van der Waals surface area contributed by atoms with Crippen LogP contribution in [0.5, 0.6) is 0 Å². The number of hydrogen-bond donors (Lipinski definition) is 4. The van der Waals surface area contributed by atoms with E-state index in [0.29, 0.717) is 18.8 Å². The average Bonchev–Trinajstić information content (AvgIpc) is 3.68. The number of rotatable bonds is 10. The van der Waals surface area contributed by atoms with E-state index >= 15 is 0 Å². The topological polar surface area (TPSA) is 94.3 Å². The lowest BCUT2D eigenvalue weighted by atomic mass is 9.99. The first kappa shape index (κ1) is 29.6. The van der Waals surface area contributed by atoms with Gasteiger partial charge in [-0.2, -0.15) is 14.5 Å². The number of aromatic nitrogens is 5. The second-order valence-electron chi connectivity index (χ2n) is 11.7. The van der Waals surface area contributed by atoms with Crippen LogP contribution in [-0.4, -0.2) is 43.1 Å². The number of benzene rings is 3. The van der Waals surface area contributed by atoms with Crippen molar-refractivity contribution in [2.24, 2.45) is 0 Å². The van der Waals surface area contributed by atoms with E-state index in [2.05, 4.69) is 66.2 Å². The van der Waals surface area contributed by atoms with E-state index in [1.54, 1.807) is 12.1 Å². The molecule has 0 aliphatic carbocycles. The molecule has 7 nitrogen and oxygen atoms in total. The van der Waals surface area contributed by atoms with Gasteiger partial charge in [0.1, 0.15) is 17.0 Å². The van der Waals surface area contributed by atoms with Crippen LogP contribution < -0.4 is 10.0 Å². The Hall–Kier alpha value is -5.09. The first-order valence-corrected chi connectivity index (χ1v) is 17.3. The fourth-order valence-corrected chi connectivity index (χ4v) is 6.13. The Morgan fingerprint density at radius 3 is 2.46 bits per heavy atom. The molecule has 230 valence electrons. The monoisotopic (exact) mass is 627 g/mol. The van der Waals surface area contributed by atoms with Gasteiger partial charge in [-0.05, 0) is 82.6 Å². The minimum Gasteiger partial charge on any atom is -0.353 e. The Morgan fingerprint density at radius 1 is 0.783 bits per heavy atom. The van der Waals surface area contributed by atoms with Crippen LogP contribution in [-0.2, 0) is 19.6 Å². The van der Waals surface area contributed by atoms with Gasteiger partial charge in [-0.25, -0.2) is 9.37 Å². The fourth-order valence-electron chi connectivity index (χ4n) is 5.62. The van der Waals surface area contributed by atoms with Gasteiger partial charge in [0.25, 0.3) is 0 Å². The third kappa shape index (κ3) is 6.48. The van der Waals surface area contributed by atoms with E-state index in [4.69, 9.17) is 4.98 Å². The number of nitrogens with one attached hydrogen (secondary N) is 4. The van der Waals surface area contributed by atoms with Gasteiger partial charge in [-0.1, -0.05) is 54.2 Å². The van der Waals surface area contributed by atoms with Crippen molar-refractivity contribution >= 4 is 43.1 Å². The number of H-pyrrole nitrogens is 2. The lowest BCUT2D eigenvalue weighted by molar-refractivity contribution is 0.625. The van der Waals surface area contributed by atoms with E-state index in [0.717, 1.165) is 67.7 Å². The van der Waals surface area contributed by atoms with Crippen LogP contribution in [0.1, 0.15) is 16.7 Å². The van der Waals surface area contributed by atoms with Gasteiger partial charge in [-0.3, -0.25) is 14.8 Å². The van der Waals surface area contributed by atoms with Gasteiger partial charge in [0.05, 0.1) is 16.9 Å². The highest BCUT2D eigenvalue weighted by Gasteiger charge is 2.16. The maximum absolute atomic E-state index is 14.8. The predicted octanol–water partition coefficient (Wildman–Crippen LogP) is 7.57. The Kier molecular flexibility index (Phi) is 7.96. The second-order valence-corrected chi connectivity index (χ2v) is 14.6. The molecule has 0 unspecified atom stereocenters. The van der Waals surface area contributed by atoms with Gasteiger partial charge in [-0.15, -0.1) is 0 Å². The second kappa shape index (κ2) is 12.4. The number of halogens is 1. The van der Waals surface area contributed by atoms with E-state index in [-0.39, 0.29) is 5.82 Å². The standard InChI is InChI=1S/C37H34FN7S/c1-46(2,3)41-22-25-14-27(17-29(38)16-25)30-10-7-11-33-31(30)18-35(42-33)37-36-34(44-45-37)13-12-32(43-36)28-15-26(21-40-23-28)20-39-19-24-8-5-4-6-9-24/h4-18,21,23,39,41-42H,1-2,19-20,22H2,3H3,(H,44,45). The molecule has 0 fully saturated rings. The highest BCUT2D eigenvalue weighted by molar-refractivity contribution is 8.25. The van der Waals surface area contributed by atoms with Gasteiger partial charge >= 0.3 is 0 Å². The summed E-state index contributed by atoms with van der Waals surface area (Å²) in [5, 5.41) is 12.2. The lowest BCUT2D eigenvalue weighted by Gasteiger charge is -2.12. The molecule has 3 aromatic carbocycles. The van der Waals surface area contributed by atoms with Crippen molar-refractivity contribution in [1.29, 1.82) is 0 Å². The lowest BCUT2D eigenvalue weighted by Crippen LogP contribution is -2.12. The summed E-state index contributed by atoms with van der Waals surface area (Å²) in [4.78, 5) is 13.0. The molecule has 0 aliphatic heterocycles. The molecule has 9 heteroatoms. The molecule has 0 radical (unpaired) electrons. The molecule has 0 spiro atoms. The molecule has 4 N–H and O–H groups in total. The maximum Gasteiger partial charge on any atom is 0.135 e. The number of aromatic amines is 2. The van der Waals surface area contributed by atoms with Crippen molar-refractivity contribution in [1.82, 2.24) is 35.2 Å². The predicted molar refractivity (Wildman–Crippen MR) is 191 cm³/mol. The van der Waals surface area contributed by atoms with Crippen LogP contribution in [0.4, 0.5) is 4.39 Å². The first-order chi connectivity index (χ1) is 22.3. The third-order valence-electron chi connectivity index (χ3n) is 7.81. The van der Waals surface area contributed by atoms with Crippen LogP contribution in [0, 0.1) is 5.82 Å². The van der Waals surface area contributed by atoms with Crippen molar-refractivity contribution in [3.05, 3.63) is 126 Å². The maximum atomic E-state index is 14.8. The smallest absolute Gasteiger partial charge is 0.135 e. The van der Waals surface area contributed by atoms with Crippen molar-refractivity contribution < 1.29 is 4.39 Å². The third-order valence-corrected chi connectivity index (χ3v) is 8.65. The van der Waals surface area contributed by atoms with Crippen LogP contribution in [0.15, 0.2) is 103 Å². The van der Waals surface area contributed by atoms with Gasteiger partial charge in [0, 0.05) is 48.5 Å². The molecule has 0 saturated carbocycles. The zero-order chi connectivity index (χ0) is 31.7. The Balaban J connectivity index is 1.19. The number of fused-ring (bicyclic) bond motifs is 2. The molecule has 4 heterocycles. The summed E-state index contributed by atoms with van der Waals surface area (Å²) in [5.41, 5.74) is 10.7. The van der Waals surface area contributed by atoms with E-state index in [1.165, 1.54) is 5.56 Å². The molecule has 4 aromatic heterocycles. The summed E-state index contributed by atoms with van der Waals surface area (Å²) >= 11 is 0. The highest BCUT2D eigenvalue weighted by Crippen LogP contribution is 2.35. The van der Waals surface area contributed by atoms with Crippen LogP contribution >= 0.6 is 9.39 Å². The zero-order valence-electron chi connectivity index (χ0n) is 25.5. The molecular formula is C37H34FN7S. The summed E-state index contributed by atoms with van der Waals surface area (Å²) in [7, 11) is -1.42. The number of pyridine rings is 2. The van der Waals surface area contributed by atoms with Crippen LogP contribution in [0.3, 0.4) is 0 Å². The minimum absolute atomic E-state index is 0.285. The number of nitrogens with zero attached hydrogens (tertiary/aromatic N) is 3. The molecule has 0 bridgehead atoms. The molecule has 0 aliphatic rings. The van der Waals surface area contributed by atoms with Crippen molar-refractivity contribution in [2.45, 2.75) is 19.6 Å². The van der Waals surface area contributed by atoms with E-state index in [1.807, 2.05) is 73.2 Å². The summed E-state index contributed by atoms with van der Waals surface area (Å²) in [6, 6.07) is 29.6. The van der Waals surface area contributed by atoms with Crippen LogP contribution in [0.2, 0.25) is 0 Å². The van der Waals surface area contributed by atoms with Crippen molar-refractivity contribution in [3.63, 3.8) is 0 Å². The molecule has 0 amide bonds. The van der Waals surface area contributed by atoms with Crippen molar-refractivity contribution in [3.8, 4) is 33.8 Å². The molecule has 0 atom stereocenters. The summed E-state index contributed by atoms with van der Waals surface area (Å²) in [5.74, 6) is 7.85. The minimum atomic E-state index is -1.42. The Morgan fingerprint density at radius 2 is 1.61 bits per heavy atom. The molecule has 46 heavy (non-hydrogen) atoms. The summed E-state index contributed by atoms with van der Waals surface area (Å²) < 4.78 is 18.1. The largest absolute Gasteiger partial charge is 0.353 e. The van der Waals surface area contributed by atoms with E-state index in [9.17, 15) is 4.39 Å². The molecule has 7 aromatic rings. The van der Waals surface area contributed by atoms with Gasteiger partial charge in [0.15, 0.2) is 0 Å². The molecule has 0 saturated heterocycles. The SMILES string of the molecule is C=S(=C)(C)NCc1cc(F)cc(-c2cccc3[nH]c(-c4n[nH]c5ccc(-c6cncc(CNCc7ccccc7)c6)nc45)cc23)c1. The fraction of sp³-hybridized carbons (Fsp3) is 0.108. The summed E-state index contributed by atoms with van der Waals surface area (Å²) in [6.45, 7) is 1.97. The first-order valence-electron chi connectivity index (χ1n) is 14.9.